The van der Waals surface area contributed by atoms with Crippen LogP contribution in [0.25, 0.3) is 0 Å². The number of thiophene rings is 1. The van der Waals surface area contributed by atoms with Crippen molar-refractivity contribution >= 4 is 23.2 Å². The topological polar surface area (TPSA) is 66.4 Å². The van der Waals surface area contributed by atoms with Crippen LogP contribution in [0.1, 0.15) is 52.2 Å². The monoisotopic (exact) mass is 279 g/mol. The molecule has 1 saturated carbocycles. The van der Waals surface area contributed by atoms with Gasteiger partial charge in [-0.2, -0.15) is 0 Å². The lowest BCUT2D eigenvalue weighted by atomic mass is 9.98. The number of aliphatic carboxylic acids is 1. The molecule has 102 valence electrons. The van der Waals surface area contributed by atoms with Crippen molar-refractivity contribution in [3.05, 3.63) is 21.4 Å². The lowest BCUT2D eigenvalue weighted by Crippen LogP contribution is -2.52. The quantitative estimate of drug-likeness (QED) is 0.892. The van der Waals surface area contributed by atoms with Crippen molar-refractivity contribution in [3.63, 3.8) is 0 Å². The summed E-state index contributed by atoms with van der Waals surface area (Å²) in [4.78, 5) is 25.6. The second-order valence-electron chi connectivity index (χ2n) is 5.46. The summed E-state index contributed by atoms with van der Waals surface area (Å²) >= 11 is 1.52. The lowest BCUT2D eigenvalue weighted by Gasteiger charge is -2.24. The van der Waals surface area contributed by atoms with Gasteiger partial charge < -0.3 is 10.4 Å². The molecular formula is C14H17NO3S. The summed E-state index contributed by atoms with van der Waals surface area (Å²) in [5, 5.41) is 12.1. The molecule has 1 aromatic heterocycles. The standard InChI is InChI=1S/C14H17NO3S/c16-12(11-8-9-4-3-5-10(9)19-11)15-14(13(17)18)6-1-2-7-14/h8H,1-7H2,(H,15,16)(H,17,18). The van der Waals surface area contributed by atoms with Crippen molar-refractivity contribution in [2.24, 2.45) is 0 Å². The maximum atomic E-state index is 12.3. The minimum atomic E-state index is -1.04. The molecule has 1 heterocycles. The number of fused-ring (bicyclic) bond motifs is 1. The Kier molecular flexibility index (Phi) is 3.09. The van der Waals surface area contributed by atoms with Gasteiger partial charge >= 0.3 is 5.97 Å². The first-order valence-corrected chi connectivity index (χ1v) is 7.60. The molecule has 1 amide bonds. The summed E-state index contributed by atoms with van der Waals surface area (Å²) in [6, 6.07) is 1.94. The minimum Gasteiger partial charge on any atom is -0.480 e. The number of carbonyl (C=O) groups is 2. The summed E-state index contributed by atoms with van der Waals surface area (Å²) in [5.41, 5.74) is 0.233. The van der Waals surface area contributed by atoms with Crippen LogP contribution < -0.4 is 5.32 Å². The van der Waals surface area contributed by atoms with Gasteiger partial charge in [0.25, 0.3) is 5.91 Å². The Labute approximate surface area is 115 Å². The van der Waals surface area contributed by atoms with Crippen molar-refractivity contribution < 1.29 is 14.7 Å². The van der Waals surface area contributed by atoms with E-state index in [1.807, 2.05) is 6.07 Å². The number of amides is 1. The molecule has 0 unspecified atom stereocenters. The van der Waals surface area contributed by atoms with Crippen molar-refractivity contribution in [1.29, 1.82) is 0 Å². The number of aryl methyl sites for hydroxylation is 2. The van der Waals surface area contributed by atoms with Gasteiger partial charge in [-0.25, -0.2) is 4.79 Å². The molecule has 4 nitrogen and oxygen atoms in total. The van der Waals surface area contributed by atoms with Crippen LogP contribution >= 0.6 is 11.3 Å². The van der Waals surface area contributed by atoms with Gasteiger partial charge in [0.1, 0.15) is 5.54 Å². The van der Waals surface area contributed by atoms with E-state index in [9.17, 15) is 14.7 Å². The number of carboxylic acid groups (broad SMARTS) is 1. The summed E-state index contributed by atoms with van der Waals surface area (Å²) in [5.74, 6) is -1.12. The van der Waals surface area contributed by atoms with Gasteiger partial charge in [0.2, 0.25) is 0 Å². The zero-order chi connectivity index (χ0) is 13.5. The number of hydrogen-bond acceptors (Lipinski definition) is 3. The molecule has 0 aromatic carbocycles. The Morgan fingerprint density at radius 2 is 1.95 bits per heavy atom. The molecule has 0 radical (unpaired) electrons. The Morgan fingerprint density at radius 1 is 1.21 bits per heavy atom. The van der Waals surface area contributed by atoms with E-state index in [1.165, 1.54) is 28.2 Å². The van der Waals surface area contributed by atoms with E-state index in [2.05, 4.69) is 5.32 Å². The summed E-state index contributed by atoms with van der Waals surface area (Å²) < 4.78 is 0. The first-order chi connectivity index (χ1) is 9.11. The molecule has 2 aliphatic rings. The van der Waals surface area contributed by atoms with Gasteiger partial charge in [0, 0.05) is 4.88 Å². The molecule has 3 rings (SSSR count). The van der Waals surface area contributed by atoms with E-state index in [0.29, 0.717) is 17.7 Å². The molecule has 0 aliphatic heterocycles. The third kappa shape index (κ3) is 2.16. The first-order valence-electron chi connectivity index (χ1n) is 6.78. The van der Waals surface area contributed by atoms with Crippen LogP contribution in [0.2, 0.25) is 0 Å². The average molecular weight is 279 g/mol. The third-order valence-corrected chi connectivity index (χ3v) is 5.43. The summed E-state index contributed by atoms with van der Waals surface area (Å²) in [7, 11) is 0. The zero-order valence-electron chi connectivity index (χ0n) is 10.7. The van der Waals surface area contributed by atoms with Crippen molar-refractivity contribution in [3.8, 4) is 0 Å². The average Bonchev–Trinajstić information content (AvgIpc) is 3.02. The molecule has 0 atom stereocenters. The molecule has 0 bridgehead atoms. The van der Waals surface area contributed by atoms with Gasteiger partial charge in [-0.1, -0.05) is 12.8 Å². The van der Waals surface area contributed by atoms with Crippen molar-refractivity contribution in [2.75, 3.05) is 0 Å². The van der Waals surface area contributed by atoms with Crippen LogP contribution in [0.5, 0.6) is 0 Å². The summed E-state index contributed by atoms with van der Waals surface area (Å²) in [6.45, 7) is 0. The molecule has 5 heteroatoms. The van der Waals surface area contributed by atoms with Crippen LogP contribution in [-0.4, -0.2) is 22.5 Å². The fraction of sp³-hybridized carbons (Fsp3) is 0.571. The van der Waals surface area contributed by atoms with Crippen molar-refractivity contribution in [1.82, 2.24) is 5.32 Å². The van der Waals surface area contributed by atoms with E-state index >= 15 is 0 Å². The molecule has 19 heavy (non-hydrogen) atoms. The third-order valence-electron chi connectivity index (χ3n) is 4.19. The van der Waals surface area contributed by atoms with Crippen LogP contribution in [0.15, 0.2) is 6.07 Å². The van der Waals surface area contributed by atoms with Gasteiger partial charge in [-0.05, 0) is 43.7 Å². The number of carboxylic acids is 1. The fourth-order valence-electron chi connectivity index (χ4n) is 3.09. The Morgan fingerprint density at radius 3 is 2.58 bits per heavy atom. The van der Waals surface area contributed by atoms with Gasteiger partial charge in [0.15, 0.2) is 0 Å². The lowest BCUT2D eigenvalue weighted by molar-refractivity contribution is -0.144. The fourth-order valence-corrected chi connectivity index (χ4v) is 4.24. The van der Waals surface area contributed by atoms with E-state index in [-0.39, 0.29) is 5.91 Å². The largest absolute Gasteiger partial charge is 0.480 e. The first kappa shape index (κ1) is 12.7. The molecule has 0 spiro atoms. The second-order valence-corrected chi connectivity index (χ2v) is 6.60. The smallest absolute Gasteiger partial charge is 0.329 e. The minimum absolute atomic E-state index is 0.219. The predicted molar refractivity (Wildman–Crippen MR) is 72.6 cm³/mol. The maximum Gasteiger partial charge on any atom is 0.329 e. The Balaban J connectivity index is 1.78. The highest BCUT2D eigenvalue weighted by atomic mass is 32.1. The molecule has 2 N–H and O–H groups in total. The SMILES string of the molecule is O=C(NC1(C(=O)O)CCCC1)c1cc2c(s1)CCC2. The molecule has 2 aliphatic carbocycles. The Bertz CT molecular complexity index is 507. The van der Waals surface area contributed by atoms with Gasteiger partial charge in [-0.15, -0.1) is 11.3 Å². The number of hydrogen-bond donors (Lipinski definition) is 2. The van der Waals surface area contributed by atoms with Crippen LogP contribution in [0, 0.1) is 0 Å². The van der Waals surface area contributed by atoms with E-state index in [0.717, 1.165) is 25.7 Å². The Hall–Kier alpha value is -1.36. The van der Waals surface area contributed by atoms with Gasteiger partial charge in [-0.3, -0.25) is 4.79 Å². The van der Waals surface area contributed by atoms with Crippen LogP contribution in [-0.2, 0) is 17.6 Å². The molecular weight excluding hydrogens is 262 g/mol. The number of nitrogens with one attached hydrogen (secondary N) is 1. The predicted octanol–water partition coefficient (Wildman–Crippen LogP) is 2.36. The van der Waals surface area contributed by atoms with E-state index < -0.39 is 11.5 Å². The molecule has 1 fully saturated rings. The van der Waals surface area contributed by atoms with E-state index in [4.69, 9.17) is 0 Å². The second kappa shape index (κ2) is 4.63. The highest BCUT2D eigenvalue weighted by Gasteiger charge is 2.43. The highest BCUT2D eigenvalue weighted by Crippen LogP contribution is 2.33. The van der Waals surface area contributed by atoms with Crippen LogP contribution in [0.3, 0.4) is 0 Å². The molecule has 1 aromatic rings. The van der Waals surface area contributed by atoms with Gasteiger partial charge in [0.05, 0.1) is 4.88 Å². The number of rotatable bonds is 3. The number of carbonyl (C=O) groups excluding carboxylic acids is 1. The normalized spacial score (nSPS) is 20.2. The van der Waals surface area contributed by atoms with E-state index in [1.54, 1.807) is 0 Å². The summed E-state index contributed by atoms with van der Waals surface area (Å²) in [6.07, 6.45) is 6.09. The molecule has 0 saturated heterocycles. The van der Waals surface area contributed by atoms with Crippen LogP contribution in [0.4, 0.5) is 0 Å². The highest BCUT2D eigenvalue weighted by molar-refractivity contribution is 7.14. The van der Waals surface area contributed by atoms with Crippen molar-refractivity contribution in [2.45, 2.75) is 50.5 Å². The maximum absolute atomic E-state index is 12.3. The zero-order valence-corrected chi connectivity index (χ0v) is 11.5.